The minimum Gasteiger partial charge on any atom is -0.382 e. The second-order valence-electron chi connectivity index (χ2n) is 6.58. The second-order valence-corrected chi connectivity index (χ2v) is 7.58. The number of carbonyl (C=O) groups is 1. The van der Waals surface area contributed by atoms with Crippen molar-refractivity contribution in [1.82, 2.24) is 10.3 Å². The minimum atomic E-state index is -0.0900. The number of nitrogens with one attached hydrogen (secondary N) is 2. The largest absolute Gasteiger partial charge is 0.382 e. The Morgan fingerprint density at radius 1 is 1.29 bits per heavy atom. The van der Waals surface area contributed by atoms with Gasteiger partial charge in [-0.3, -0.25) is 4.79 Å². The average Bonchev–Trinajstić information content (AvgIpc) is 2.75. The van der Waals surface area contributed by atoms with E-state index in [9.17, 15) is 4.79 Å². The number of anilines is 2. The Balaban J connectivity index is 1.66. The summed E-state index contributed by atoms with van der Waals surface area (Å²) in [7, 11) is 0. The average molecular weight is 308 g/mol. The Kier molecular flexibility index (Phi) is 4.06. The summed E-state index contributed by atoms with van der Waals surface area (Å²) in [5.74, 6) is 0.273. The summed E-state index contributed by atoms with van der Waals surface area (Å²) in [4.78, 5) is 17.3. The molecule has 1 amide bonds. The van der Waals surface area contributed by atoms with Gasteiger partial charge in [-0.1, -0.05) is 30.6 Å². The molecule has 5 nitrogen and oxygen atoms in total. The van der Waals surface area contributed by atoms with E-state index in [4.69, 9.17) is 5.73 Å². The van der Waals surface area contributed by atoms with E-state index in [0.29, 0.717) is 16.7 Å². The van der Waals surface area contributed by atoms with Crippen molar-refractivity contribution in [2.75, 3.05) is 11.1 Å². The van der Waals surface area contributed by atoms with Gasteiger partial charge in [0.25, 0.3) is 5.91 Å². The molecule has 0 aromatic carbocycles. The zero-order valence-electron chi connectivity index (χ0n) is 12.6. The first kappa shape index (κ1) is 14.6. The molecule has 0 radical (unpaired) electrons. The van der Waals surface area contributed by atoms with Gasteiger partial charge in [-0.15, -0.1) is 0 Å². The summed E-state index contributed by atoms with van der Waals surface area (Å²) < 4.78 is 0. The molecule has 0 bridgehead atoms. The van der Waals surface area contributed by atoms with E-state index in [1.54, 1.807) is 0 Å². The highest BCUT2D eigenvalue weighted by Gasteiger charge is 2.30. The van der Waals surface area contributed by atoms with E-state index in [-0.39, 0.29) is 11.4 Å². The standard InChI is InChI=1S/C15H24N4OS/c1-15(8-3-2-4-9-15)19-13(20)11-12(16)18-14(21-11)17-10-6-5-7-10/h10H,2-9,16H2,1H3,(H,17,18)(H,19,20). The fourth-order valence-corrected chi connectivity index (χ4v) is 3.93. The number of aromatic nitrogens is 1. The number of carbonyl (C=O) groups excluding carboxylic acids is 1. The van der Waals surface area contributed by atoms with Crippen LogP contribution in [0.15, 0.2) is 0 Å². The van der Waals surface area contributed by atoms with E-state index < -0.39 is 0 Å². The molecule has 4 N–H and O–H groups in total. The van der Waals surface area contributed by atoms with Gasteiger partial charge < -0.3 is 16.4 Å². The van der Waals surface area contributed by atoms with E-state index in [0.717, 1.165) is 18.0 Å². The van der Waals surface area contributed by atoms with Gasteiger partial charge in [-0.05, 0) is 39.0 Å². The molecule has 1 aromatic heterocycles. The number of nitrogens with two attached hydrogens (primary N) is 1. The third-order valence-electron chi connectivity index (χ3n) is 4.66. The van der Waals surface area contributed by atoms with Crippen LogP contribution in [-0.4, -0.2) is 22.5 Å². The maximum Gasteiger partial charge on any atom is 0.265 e. The van der Waals surface area contributed by atoms with E-state index in [2.05, 4.69) is 22.5 Å². The lowest BCUT2D eigenvalue weighted by molar-refractivity contribution is 0.0887. The molecule has 21 heavy (non-hydrogen) atoms. The molecular formula is C15H24N4OS. The van der Waals surface area contributed by atoms with Crippen LogP contribution in [0.4, 0.5) is 10.9 Å². The number of hydrogen-bond acceptors (Lipinski definition) is 5. The predicted octanol–water partition coefficient (Wildman–Crippen LogP) is 3.14. The third-order valence-corrected chi connectivity index (χ3v) is 5.67. The van der Waals surface area contributed by atoms with Crippen molar-refractivity contribution in [2.45, 2.75) is 69.9 Å². The third kappa shape index (κ3) is 3.31. The first-order valence-corrected chi connectivity index (χ1v) is 8.73. The summed E-state index contributed by atoms with van der Waals surface area (Å²) in [6, 6.07) is 0.502. The smallest absolute Gasteiger partial charge is 0.265 e. The molecular weight excluding hydrogens is 284 g/mol. The van der Waals surface area contributed by atoms with Crippen LogP contribution in [0.3, 0.4) is 0 Å². The van der Waals surface area contributed by atoms with Crippen molar-refractivity contribution in [3.05, 3.63) is 4.88 Å². The van der Waals surface area contributed by atoms with Crippen LogP contribution in [-0.2, 0) is 0 Å². The maximum atomic E-state index is 12.5. The highest BCUT2D eigenvalue weighted by Crippen LogP contribution is 2.32. The van der Waals surface area contributed by atoms with Gasteiger partial charge in [0.1, 0.15) is 10.7 Å². The summed E-state index contributed by atoms with van der Waals surface area (Å²) in [6.45, 7) is 2.13. The van der Waals surface area contributed by atoms with Crippen molar-refractivity contribution in [3.8, 4) is 0 Å². The molecule has 0 spiro atoms. The van der Waals surface area contributed by atoms with Gasteiger partial charge >= 0.3 is 0 Å². The molecule has 6 heteroatoms. The summed E-state index contributed by atoms with van der Waals surface area (Å²) >= 11 is 1.37. The monoisotopic (exact) mass is 308 g/mol. The van der Waals surface area contributed by atoms with Crippen LogP contribution in [0.25, 0.3) is 0 Å². The molecule has 2 fully saturated rings. The molecule has 0 aliphatic heterocycles. The lowest BCUT2D eigenvalue weighted by Crippen LogP contribution is -2.47. The highest BCUT2D eigenvalue weighted by atomic mass is 32.1. The molecule has 0 unspecified atom stereocenters. The Hall–Kier alpha value is -1.30. The summed E-state index contributed by atoms with van der Waals surface area (Å²) in [5, 5.41) is 7.30. The Morgan fingerprint density at radius 2 is 2.00 bits per heavy atom. The summed E-state index contributed by atoms with van der Waals surface area (Å²) in [5.41, 5.74) is 5.83. The number of nitrogens with zero attached hydrogens (tertiary/aromatic N) is 1. The van der Waals surface area contributed by atoms with Gasteiger partial charge in [-0.25, -0.2) is 4.98 Å². The molecule has 3 rings (SSSR count). The lowest BCUT2D eigenvalue weighted by atomic mass is 9.83. The van der Waals surface area contributed by atoms with Crippen molar-refractivity contribution in [2.24, 2.45) is 0 Å². The van der Waals surface area contributed by atoms with Crippen molar-refractivity contribution in [1.29, 1.82) is 0 Å². The van der Waals surface area contributed by atoms with Gasteiger partial charge in [0.05, 0.1) is 0 Å². The molecule has 1 heterocycles. The van der Waals surface area contributed by atoms with Gasteiger partial charge in [-0.2, -0.15) is 0 Å². The molecule has 1 aromatic rings. The van der Waals surface area contributed by atoms with Crippen LogP contribution in [0.5, 0.6) is 0 Å². The van der Waals surface area contributed by atoms with Crippen LogP contribution < -0.4 is 16.4 Å². The SMILES string of the molecule is CC1(NC(=O)c2sc(NC3CCC3)nc2N)CCCCC1. The Morgan fingerprint density at radius 3 is 2.62 bits per heavy atom. The topological polar surface area (TPSA) is 80.0 Å². The fourth-order valence-electron chi connectivity index (χ4n) is 3.07. The van der Waals surface area contributed by atoms with Crippen molar-refractivity contribution in [3.63, 3.8) is 0 Å². The minimum absolute atomic E-state index is 0.0731. The number of nitrogen functional groups attached to an aromatic ring is 1. The van der Waals surface area contributed by atoms with E-state index in [1.165, 1.54) is 49.9 Å². The molecule has 2 saturated carbocycles. The normalized spacial score (nSPS) is 21.6. The lowest BCUT2D eigenvalue weighted by Gasteiger charge is -2.34. The quantitative estimate of drug-likeness (QED) is 0.798. The first-order chi connectivity index (χ1) is 10.1. The zero-order valence-corrected chi connectivity index (χ0v) is 13.4. The highest BCUT2D eigenvalue weighted by molar-refractivity contribution is 7.18. The van der Waals surface area contributed by atoms with E-state index >= 15 is 0 Å². The van der Waals surface area contributed by atoms with Crippen LogP contribution in [0.2, 0.25) is 0 Å². The van der Waals surface area contributed by atoms with Gasteiger partial charge in [0.15, 0.2) is 5.13 Å². The number of hydrogen-bond donors (Lipinski definition) is 3. The van der Waals surface area contributed by atoms with Crippen LogP contribution in [0, 0.1) is 0 Å². The fraction of sp³-hybridized carbons (Fsp3) is 0.733. The Labute approximate surface area is 129 Å². The predicted molar refractivity (Wildman–Crippen MR) is 86.7 cm³/mol. The Bertz CT molecular complexity index is 518. The van der Waals surface area contributed by atoms with Gasteiger partial charge in [0.2, 0.25) is 0 Å². The van der Waals surface area contributed by atoms with Crippen molar-refractivity contribution < 1.29 is 4.79 Å². The van der Waals surface area contributed by atoms with Crippen molar-refractivity contribution >= 4 is 28.2 Å². The van der Waals surface area contributed by atoms with Crippen LogP contribution in [0.1, 0.15) is 68.0 Å². The second kappa shape index (κ2) is 5.83. The number of amides is 1. The van der Waals surface area contributed by atoms with Crippen LogP contribution >= 0.6 is 11.3 Å². The molecule has 2 aliphatic carbocycles. The maximum absolute atomic E-state index is 12.5. The number of rotatable bonds is 4. The molecule has 0 saturated heterocycles. The molecule has 116 valence electrons. The number of thiazole rings is 1. The molecule has 0 atom stereocenters. The first-order valence-electron chi connectivity index (χ1n) is 7.91. The van der Waals surface area contributed by atoms with E-state index in [1.807, 2.05) is 0 Å². The molecule has 2 aliphatic rings. The zero-order chi connectivity index (χ0) is 14.9. The van der Waals surface area contributed by atoms with Gasteiger partial charge in [0, 0.05) is 11.6 Å². The summed E-state index contributed by atoms with van der Waals surface area (Å²) in [6.07, 6.45) is 9.36.